The van der Waals surface area contributed by atoms with Crippen LogP contribution >= 0.6 is 11.6 Å². The number of aliphatic carboxylic acids is 1. The van der Waals surface area contributed by atoms with Gasteiger partial charge < -0.3 is 19.1 Å². The second-order valence-corrected chi connectivity index (χ2v) is 17.6. The van der Waals surface area contributed by atoms with Gasteiger partial charge in [-0.1, -0.05) is 43.4 Å². The molecular formula is C29H34ClN3O5Si. The van der Waals surface area contributed by atoms with Crippen molar-refractivity contribution in [3.05, 3.63) is 69.1 Å². The van der Waals surface area contributed by atoms with Crippen LogP contribution in [0.5, 0.6) is 5.75 Å². The van der Waals surface area contributed by atoms with Crippen LogP contribution in [0.25, 0.3) is 21.8 Å². The third-order valence-corrected chi connectivity index (χ3v) is 8.99. The van der Waals surface area contributed by atoms with Crippen LogP contribution in [0.2, 0.25) is 30.7 Å². The van der Waals surface area contributed by atoms with E-state index in [1.54, 1.807) is 16.8 Å². The monoisotopic (exact) mass is 567 g/mol. The standard InChI is InChI=1S/C29H34ClN3O5Si/c1-39(2,3)11-10-37-18-32-21(12-20-13-23(30)27(15-26(20)32)38-17-19-8-9-19)16-33-25-7-5-4-6-22(25)29(36)24(31-33)14-28(34)35/h4-7,12-13,15,19H,8-11,14,16-18H2,1-3H3,(H,34,35). The first-order chi connectivity index (χ1) is 18.6. The van der Waals surface area contributed by atoms with E-state index in [0.717, 1.165) is 22.6 Å². The lowest BCUT2D eigenvalue weighted by atomic mass is 10.1. The van der Waals surface area contributed by atoms with E-state index in [9.17, 15) is 14.7 Å². The van der Waals surface area contributed by atoms with Gasteiger partial charge in [-0.05, 0) is 49.1 Å². The average molecular weight is 568 g/mol. The molecule has 2 aromatic carbocycles. The topological polar surface area (TPSA) is 95.6 Å². The van der Waals surface area contributed by atoms with E-state index < -0.39 is 20.5 Å². The van der Waals surface area contributed by atoms with Gasteiger partial charge in [0.1, 0.15) is 18.2 Å². The van der Waals surface area contributed by atoms with E-state index in [1.807, 2.05) is 30.3 Å². The van der Waals surface area contributed by atoms with Gasteiger partial charge in [-0.25, -0.2) is 0 Å². The molecule has 5 rings (SSSR count). The summed E-state index contributed by atoms with van der Waals surface area (Å²) in [4.78, 5) is 24.4. The van der Waals surface area contributed by atoms with Crippen LogP contribution in [-0.4, -0.2) is 46.7 Å². The predicted octanol–water partition coefficient (Wildman–Crippen LogP) is 5.78. The van der Waals surface area contributed by atoms with Crippen molar-refractivity contribution in [1.82, 2.24) is 14.3 Å². The SMILES string of the molecule is C[Si](C)(C)CCOCn1c(Cn2nc(CC(=O)O)c(=O)c3ccccc32)cc2cc(Cl)c(OCC3CC3)cc21. The third kappa shape index (κ3) is 6.54. The van der Waals surface area contributed by atoms with Crippen molar-refractivity contribution in [2.45, 2.75) is 58.2 Å². The molecule has 0 radical (unpaired) electrons. The number of aromatic nitrogens is 3. The second-order valence-electron chi connectivity index (χ2n) is 11.5. The Bertz CT molecular complexity index is 1590. The van der Waals surface area contributed by atoms with Crippen LogP contribution in [0.15, 0.2) is 47.3 Å². The smallest absolute Gasteiger partial charge is 0.309 e. The molecule has 8 nitrogen and oxygen atoms in total. The Morgan fingerprint density at radius 3 is 2.64 bits per heavy atom. The highest BCUT2D eigenvalue weighted by atomic mass is 35.5. The van der Waals surface area contributed by atoms with Gasteiger partial charge in [0.2, 0.25) is 5.43 Å². The van der Waals surface area contributed by atoms with Crippen molar-refractivity contribution in [2.24, 2.45) is 5.92 Å². The van der Waals surface area contributed by atoms with E-state index in [4.69, 9.17) is 21.1 Å². The van der Waals surface area contributed by atoms with Crippen molar-refractivity contribution >= 4 is 47.4 Å². The van der Waals surface area contributed by atoms with Crippen molar-refractivity contribution in [2.75, 3.05) is 13.2 Å². The Hall–Kier alpha value is -3.14. The molecular weight excluding hydrogens is 534 g/mol. The van der Waals surface area contributed by atoms with Crippen LogP contribution in [0.1, 0.15) is 24.2 Å². The zero-order valence-corrected chi connectivity index (χ0v) is 24.3. The number of para-hydroxylation sites is 1. The van der Waals surface area contributed by atoms with Gasteiger partial charge in [-0.15, -0.1) is 0 Å². The first kappa shape index (κ1) is 27.4. The van der Waals surface area contributed by atoms with E-state index >= 15 is 0 Å². The number of fused-ring (bicyclic) bond motifs is 2. The number of benzene rings is 2. The number of rotatable bonds is 12. The zero-order valence-electron chi connectivity index (χ0n) is 22.6. The maximum absolute atomic E-state index is 12.9. The highest BCUT2D eigenvalue weighted by Crippen LogP contribution is 2.35. The molecule has 0 amide bonds. The second kappa shape index (κ2) is 11.2. The largest absolute Gasteiger partial charge is 0.492 e. The quantitative estimate of drug-likeness (QED) is 0.172. The molecule has 0 bridgehead atoms. The Morgan fingerprint density at radius 1 is 1.15 bits per heavy atom. The Kier molecular flexibility index (Phi) is 7.84. The lowest BCUT2D eigenvalue weighted by molar-refractivity contribution is -0.136. The first-order valence-electron chi connectivity index (χ1n) is 13.3. The van der Waals surface area contributed by atoms with Crippen LogP contribution in [0.3, 0.4) is 0 Å². The lowest BCUT2D eigenvalue weighted by Crippen LogP contribution is -2.23. The summed E-state index contributed by atoms with van der Waals surface area (Å²) in [5.74, 6) is 0.156. The summed E-state index contributed by atoms with van der Waals surface area (Å²) in [6.07, 6.45) is 1.94. The molecule has 1 aliphatic rings. The average Bonchev–Trinajstić information content (AvgIpc) is 3.64. The predicted molar refractivity (Wildman–Crippen MR) is 156 cm³/mol. The molecule has 1 aliphatic carbocycles. The summed E-state index contributed by atoms with van der Waals surface area (Å²) in [6, 6.07) is 14.1. The molecule has 39 heavy (non-hydrogen) atoms. The Labute approximate surface area is 233 Å². The van der Waals surface area contributed by atoms with Gasteiger partial charge in [0.15, 0.2) is 0 Å². The molecule has 2 heterocycles. The summed E-state index contributed by atoms with van der Waals surface area (Å²) in [7, 11) is -1.26. The van der Waals surface area contributed by atoms with E-state index in [1.165, 1.54) is 12.8 Å². The van der Waals surface area contributed by atoms with Crippen LogP contribution in [0, 0.1) is 5.92 Å². The normalized spacial score (nSPS) is 13.8. The van der Waals surface area contributed by atoms with Crippen LogP contribution in [0.4, 0.5) is 0 Å². The number of carboxylic acid groups (broad SMARTS) is 1. The minimum Gasteiger partial charge on any atom is -0.492 e. The molecule has 0 atom stereocenters. The number of hydrogen-bond donors (Lipinski definition) is 1. The van der Waals surface area contributed by atoms with Gasteiger partial charge in [0.05, 0.1) is 35.6 Å². The fraction of sp³-hybridized carbons (Fsp3) is 0.414. The Balaban J connectivity index is 1.55. The number of carboxylic acids is 1. The molecule has 10 heteroatoms. The molecule has 0 saturated heterocycles. The maximum atomic E-state index is 12.9. The van der Waals surface area contributed by atoms with Gasteiger partial charge >= 0.3 is 5.97 Å². The van der Waals surface area contributed by atoms with E-state index in [0.29, 0.717) is 54.1 Å². The van der Waals surface area contributed by atoms with E-state index in [2.05, 4.69) is 29.3 Å². The van der Waals surface area contributed by atoms with Crippen LogP contribution in [-0.2, 0) is 29.2 Å². The number of halogens is 1. The molecule has 0 spiro atoms. The number of ether oxygens (including phenoxy) is 2. The molecule has 0 unspecified atom stereocenters. The summed E-state index contributed by atoms with van der Waals surface area (Å²) in [6.45, 7) is 8.93. The van der Waals surface area contributed by atoms with Crippen molar-refractivity contribution in [1.29, 1.82) is 0 Å². The molecule has 1 N–H and O–H groups in total. The molecule has 206 valence electrons. The molecule has 1 saturated carbocycles. The number of hydrogen-bond acceptors (Lipinski definition) is 5. The van der Waals surface area contributed by atoms with Crippen molar-refractivity contribution < 1.29 is 19.4 Å². The number of carbonyl (C=O) groups is 1. The van der Waals surface area contributed by atoms with Gasteiger partial charge in [-0.2, -0.15) is 5.10 Å². The molecule has 1 fully saturated rings. The maximum Gasteiger partial charge on any atom is 0.309 e. The minimum absolute atomic E-state index is 0.00838. The first-order valence-corrected chi connectivity index (χ1v) is 17.4. The summed E-state index contributed by atoms with van der Waals surface area (Å²) in [5.41, 5.74) is 2.12. The summed E-state index contributed by atoms with van der Waals surface area (Å²) >= 11 is 6.60. The fourth-order valence-corrected chi connectivity index (χ4v) is 5.55. The number of nitrogens with zero attached hydrogens (tertiary/aromatic N) is 3. The molecule has 2 aromatic heterocycles. The third-order valence-electron chi connectivity index (χ3n) is 6.99. The summed E-state index contributed by atoms with van der Waals surface area (Å²) < 4.78 is 16.0. The van der Waals surface area contributed by atoms with Crippen molar-refractivity contribution in [3.63, 3.8) is 0 Å². The zero-order chi connectivity index (χ0) is 27.7. The van der Waals surface area contributed by atoms with Gasteiger partial charge in [0.25, 0.3) is 0 Å². The highest BCUT2D eigenvalue weighted by molar-refractivity contribution is 6.76. The van der Waals surface area contributed by atoms with Gasteiger partial charge in [0, 0.05) is 37.2 Å². The van der Waals surface area contributed by atoms with Gasteiger partial charge in [-0.3, -0.25) is 14.3 Å². The van der Waals surface area contributed by atoms with Crippen LogP contribution < -0.4 is 10.2 Å². The minimum atomic E-state index is -1.26. The lowest BCUT2D eigenvalue weighted by Gasteiger charge is -2.18. The van der Waals surface area contributed by atoms with Crippen molar-refractivity contribution in [3.8, 4) is 5.75 Å². The van der Waals surface area contributed by atoms with E-state index in [-0.39, 0.29) is 11.1 Å². The fourth-order valence-electron chi connectivity index (χ4n) is 4.56. The molecule has 4 aromatic rings. The molecule has 0 aliphatic heterocycles. The Morgan fingerprint density at radius 2 is 1.92 bits per heavy atom. The highest BCUT2D eigenvalue weighted by Gasteiger charge is 2.23. The summed E-state index contributed by atoms with van der Waals surface area (Å²) in [5, 5.41) is 15.8.